The van der Waals surface area contributed by atoms with Crippen LogP contribution in [0.1, 0.15) is 57.6 Å². The van der Waals surface area contributed by atoms with Crippen molar-refractivity contribution in [2.45, 2.75) is 70.6 Å². The summed E-state index contributed by atoms with van der Waals surface area (Å²) >= 11 is 0. The second-order valence-corrected chi connectivity index (χ2v) is 8.89. The van der Waals surface area contributed by atoms with Crippen LogP contribution >= 0.6 is 0 Å². The Morgan fingerprint density at radius 1 is 1.08 bits per heavy atom. The van der Waals surface area contributed by atoms with E-state index in [-0.39, 0.29) is 11.5 Å². The van der Waals surface area contributed by atoms with E-state index in [1.807, 2.05) is 12.1 Å². The molecular weight excluding hydrogens is 312 g/mol. The number of benzene rings is 1. The molecule has 4 heteroatoms. The highest BCUT2D eigenvalue weighted by Crippen LogP contribution is 2.29. The number of hydrogen-bond acceptors (Lipinski definition) is 4. The number of likely N-dealkylation sites (tertiary alicyclic amines) is 2. The lowest BCUT2D eigenvalue weighted by atomic mass is 9.86. The summed E-state index contributed by atoms with van der Waals surface area (Å²) in [6.45, 7) is 11.6. The first kappa shape index (κ1) is 18.7. The lowest BCUT2D eigenvalue weighted by Gasteiger charge is -2.41. The summed E-state index contributed by atoms with van der Waals surface area (Å²) in [6, 6.07) is 6.66. The van der Waals surface area contributed by atoms with Crippen molar-refractivity contribution in [1.29, 1.82) is 0 Å². The molecule has 2 N–H and O–H groups in total. The molecule has 0 radical (unpaired) electrons. The fraction of sp³-hybridized carbons (Fsp3) is 0.714. The Morgan fingerprint density at radius 3 is 2.44 bits per heavy atom. The van der Waals surface area contributed by atoms with Crippen LogP contribution in [0.25, 0.3) is 0 Å². The zero-order chi connectivity index (χ0) is 18.0. The molecule has 3 rings (SSSR count). The summed E-state index contributed by atoms with van der Waals surface area (Å²) in [4.78, 5) is 4.95. The van der Waals surface area contributed by atoms with Crippen molar-refractivity contribution in [3.05, 3.63) is 29.3 Å². The van der Waals surface area contributed by atoms with Crippen LogP contribution < -0.4 is 0 Å². The van der Waals surface area contributed by atoms with Gasteiger partial charge in [-0.15, -0.1) is 0 Å². The van der Waals surface area contributed by atoms with Crippen LogP contribution in [0, 0.1) is 0 Å². The number of phenolic OH excluding ortho intramolecular Hbond substituents is 1. The van der Waals surface area contributed by atoms with E-state index in [0.717, 1.165) is 64.0 Å². The van der Waals surface area contributed by atoms with Gasteiger partial charge in [-0.2, -0.15) is 0 Å². The monoisotopic (exact) mass is 346 g/mol. The molecule has 0 spiro atoms. The number of aliphatic hydroxyl groups excluding tert-OH is 1. The zero-order valence-electron chi connectivity index (χ0n) is 16.0. The Morgan fingerprint density at radius 2 is 1.80 bits per heavy atom. The van der Waals surface area contributed by atoms with Crippen LogP contribution in [0.2, 0.25) is 0 Å². The lowest BCUT2D eigenvalue weighted by molar-refractivity contribution is 0.0242. The van der Waals surface area contributed by atoms with Crippen LogP contribution in [-0.2, 0) is 12.0 Å². The van der Waals surface area contributed by atoms with E-state index in [0.29, 0.717) is 11.8 Å². The highest BCUT2D eigenvalue weighted by atomic mass is 16.3. The number of hydrogen-bond donors (Lipinski definition) is 2. The van der Waals surface area contributed by atoms with Gasteiger partial charge >= 0.3 is 0 Å². The molecule has 2 aliphatic heterocycles. The summed E-state index contributed by atoms with van der Waals surface area (Å²) < 4.78 is 0. The molecule has 1 aromatic rings. The molecule has 140 valence electrons. The van der Waals surface area contributed by atoms with Crippen molar-refractivity contribution in [3.63, 3.8) is 0 Å². The van der Waals surface area contributed by atoms with Crippen LogP contribution in [0.4, 0.5) is 0 Å². The summed E-state index contributed by atoms with van der Waals surface area (Å²) in [5.74, 6) is 0.411. The number of β-amino-alcohol motifs (C(OH)–C–C–N with tert-alkyl or cyclic N) is 1. The number of piperidine rings is 2. The predicted octanol–water partition coefficient (Wildman–Crippen LogP) is 3.11. The van der Waals surface area contributed by atoms with Gasteiger partial charge in [0.1, 0.15) is 5.75 Å². The van der Waals surface area contributed by atoms with Gasteiger partial charge in [0.15, 0.2) is 0 Å². The highest BCUT2D eigenvalue weighted by Gasteiger charge is 2.28. The van der Waals surface area contributed by atoms with Gasteiger partial charge in [0, 0.05) is 24.7 Å². The Hall–Kier alpha value is -1.10. The molecule has 0 amide bonds. The molecule has 0 unspecified atom stereocenters. The SMILES string of the molecule is CC(C)(C)c1ccc(O)c(CN2CCC(N3CCC[C@@H](O)C3)CC2)c1. The van der Waals surface area contributed by atoms with Crippen molar-refractivity contribution in [2.75, 3.05) is 26.2 Å². The molecule has 2 heterocycles. The topological polar surface area (TPSA) is 46.9 Å². The Balaban J connectivity index is 1.57. The lowest BCUT2D eigenvalue weighted by Crippen LogP contribution is -2.49. The van der Waals surface area contributed by atoms with E-state index < -0.39 is 0 Å². The second-order valence-electron chi connectivity index (χ2n) is 8.89. The number of rotatable bonds is 3. The van der Waals surface area contributed by atoms with Gasteiger partial charge < -0.3 is 10.2 Å². The highest BCUT2D eigenvalue weighted by molar-refractivity contribution is 5.38. The normalized spacial score (nSPS) is 24.6. The Kier molecular flexibility index (Phi) is 5.71. The fourth-order valence-electron chi connectivity index (χ4n) is 4.18. The molecule has 0 bridgehead atoms. The van der Waals surface area contributed by atoms with Crippen molar-refractivity contribution < 1.29 is 10.2 Å². The zero-order valence-corrected chi connectivity index (χ0v) is 16.0. The summed E-state index contributed by atoms with van der Waals surface area (Å²) in [5.41, 5.74) is 2.42. The number of nitrogens with zero attached hydrogens (tertiary/aromatic N) is 2. The third kappa shape index (κ3) is 4.75. The van der Waals surface area contributed by atoms with Crippen molar-refractivity contribution in [3.8, 4) is 5.75 Å². The van der Waals surface area contributed by atoms with E-state index in [1.54, 1.807) is 0 Å². The Labute approximate surface area is 152 Å². The molecule has 2 saturated heterocycles. The molecule has 1 atom stereocenters. The average Bonchev–Trinajstić information content (AvgIpc) is 2.56. The van der Waals surface area contributed by atoms with Gasteiger partial charge in [-0.25, -0.2) is 0 Å². The predicted molar refractivity (Wildman–Crippen MR) is 102 cm³/mol. The molecule has 1 aromatic carbocycles. The Bertz CT molecular complexity index is 574. The molecule has 2 fully saturated rings. The first-order chi connectivity index (χ1) is 11.8. The maximum Gasteiger partial charge on any atom is 0.120 e. The van der Waals surface area contributed by atoms with Gasteiger partial charge in [-0.3, -0.25) is 9.80 Å². The maximum absolute atomic E-state index is 10.3. The molecule has 2 aliphatic rings. The molecule has 0 aliphatic carbocycles. The minimum atomic E-state index is -0.135. The van der Waals surface area contributed by atoms with Crippen molar-refractivity contribution in [1.82, 2.24) is 9.80 Å². The minimum Gasteiger partial charge on any atom is -0.508 e. The van der Waals surface area contributed by atoms with Crippen LogP contribution in [0.15, 0.2) is 18.2 Å². The summed E-state index contributed by atoms with van der Waals surface area (Å²) in [7, 11) is 0. The van der Waals surface area contributed by atoms with E-state index in [9.17, 15) is 10.2 Å². The van der Waals surface area contributed by atoms with Gasteiger partial charge in [0.05, 0.1) is 6.10 Å². The molecule has 4 nitrogen and oxygen atoms in total. The van der Waals surface area contributed by atoms with Crippen LogP contribution in [0.3, 0.4) is 0 Å². The summed E-state index contributed by atoms with van der Waals surface area (Å²) in [5, 5.41) is 20.2. The molecular formula is C21H34N2O2. The molecule has 0 saturated carbocycles. The van der Waals surface area contributed by atoms with E-state index in [2.05, 4.69) is 36.6 Å². The van der Waals surface area contributed by atoms with E-state index >= 15 is 0 Å². The fourth-order valence-corrected chi connectivity index (χ4v) is 4.18. The minimum absolute atomic E-state index is 0.102. The molecule has 0 aromatic heterocycles. The van der Waals surface area contributed by atoms with Crippen LogP contribution in [-0.4, -0.2) is 58.3 Å². The van der Waals surface area contributed by atoms with E-state index in [4.69, 9.17) is 0 Å². The number of phenols is 1. The largest absolute Gasteiger partial charge is 0.508 e. The van der Waals surface area contributed by atoms with Crippen LogP contribution in [0.5, 0.6) is 5.75 Å². The van der Waals surface area contributed by atoms with Gasteiger partial charge in [0.25, 0.3) is 0 Å². The second kappa shape index (κ2) is 7.65. The third-order valence-electron chi connectivity index (χ3n) is 5.84. The number of aromatic hydroxyl groups is 1. The van der Waals surface area contributed by atoms with E-state index in [1.165, 1.54) is 5.56 Å². The van der Waals surface area contributed by atoms with Gasteiger partial charge in [-0.1, -0.05) is 32.9 Å². The third-order valence-corrected chi connectivity index (χ3v) is 5.84. The smallest absolute Gasteiger partial charge is 0.120 e. The van der Waals surface area contributed by atoms with Gasteiger partial charge in [0.2, 0.25) is 0 Å². The quantitative estimate of drug-likeness (QED) is 0.883. The molecule has 25 heavy (non-hydrogen) atoms. The first-order valence-corrected chi connectivity index (χ1v) is 9.80. The van der Waals surface area contributed by atoms with Gasteiger partial charge in [-0.05, 0) is 62.4 Å². The van der Waals surface area contributed by atoms with Crippen molar-refractivity contribution >= 4 is 0 Å². The van der Waals surface area contributed by atoms with Crippen molar-refractivity contribution in [2.24, 2.45) is 0 Å². The first-order valence-electron chi connectivity index (χ1n) is 9.80. The number of aliphatic hydroxyl groups is 1. The maximum atomic E-state index is 10.3. The average molecular weight is 347 g/mol. The summed E-state index contributed by atoms with van der Waals surface area (Å²) in [6.07, 6.45) is 4.26. The standard InChI is InChI=1S/C21H34N2O2/c1-21(2,3)17-6-7-20(25)16(13-17)14-22-11-8-18(9-12-22)23-10-4-5-19(24)15-23/h6-7,13,18-19,24-25H,4-5,8-12,14-15H2,1-3H3/t19-/m1/s1.